The van der Waals surface area contributed by atoms with Crippen LogP contribution in [0.1, 0.15) is 20.3 Å². The molecule has 2 rings (SSSR count). The van der Waals surface area contributed by atoms with Gasteiger partial charge in [0, 0.05) is 24.5 Å². The van der Waals surface area contributed by atoms with Gasteiger partial charge in [-0.1, -0.05) is 13.8 Å². The summed E-state index contributed by atoms with van der Waals surface area (Å²) < 4.78 is 1.76. The summed E-state index contributed by atoms with van der Waals surface area (Å²) in [5.41, 5.74) is 1.79. The van der Waals surface area contributed by atoms with Crippen molar-refractivity contribution in [1.82, 2.24) is 9.61 Å². The molecule has 0 aromatic carbocycles. The third kappa shape index (κ3) is 2.39. The van der Waals surface area contributed by atoms with Gasteiger partial charge in [0.15, 0.2) is 0 Å². The Balaban J connectivity index is 2.11. The van der Waals surface area contributed by atoms with E-state index in [0.29, 0.717) is 12.3 Å². The SMILES string of the molecule is CC(C)CC(=O)Nc1ccn2nccc2c1. The second-order valence-corrected chi connectivity index (χ2v) is 4.26. The third-order valence-electron chi connectivity index (χ3n) is 2.28. The van der Waals surface area contributed by atoms with Gasteiger partial charge in [-0.2, -0.15) is 5.10 Å². The Kier molecular flexibility index (Phi) is 2.90. The number of nitrogens with one attached hydrogen (secondary N) is 1. The summed E-state index contributed by atoms with van der Waals surface area (Å²) >= 11 is 0. The van der Waals surface area contributed by atoms with Crippen LogP contribution >= 0.6 is 0 Å². The first kappa shape index (κ1) is 10.7. The maximum atomic E-state index is 11.6. The van der Waals surface area contributed by atoms with Gasteiger partial charge in [-0.25, -0.2) is 4.52 Å². The first-order chi connectivity index (χ1) is 7.65. The van der Waals surface area contributed by atoms with Crippen molar-refractivity contribution < 1.29 is 4.79 Å². The van der Waals surface area contributed by atoms with Gasteiger partial charge in [-0.05, 0) is 24.1 Å². The molecule has 0 radical (unpaired) electrons. The van der Waals surface area contributed by atoms with Crippen molar-refractivity contribution in [3.05, 3.63) is 30.6 Å². The highest BCUT2D eigenvalue weighted by atomic mass is 16.1. The largest absolute Gasteiger partial charge is 0.326 e. The van der Waals surface area contributed by atoms with E-state index in [9.17, 15) is 4.79 Å². The average Bonchev–Trinajstić information content (AvgIpc) is 2.63. The molecule has 2 aromatic rings. The monoisotopic (exact) mass is 217 g/mol. The van der Waals surface area contributed by atoms with Crippen LogP contribution in [0.3, 0.4) is 0 Å². The standard InChI is InChI=1S/C12H15N3O/c1-9(2)7-12(16)14-10-4-6-15-11(8-10)3-5-13-15/h3-6,8-9H,7H2,1-2H3,(H,14,16). The van der Waals surface area contributed by atoms with Crippen LogP contribution in [0.25, 0.3) is 5.52 Å². The van der Waals surface area contributed by atoms with Gasteiger partial charge in [-0.3, -0.25) is 4.79 Å². The van der Waals surface area contributed by atoms with Crippen molar-refractivity contribution >= 4 is 17.1 Å². The summed E-state index contributed by atoms with van der Waals surface area (Å²) in [5.74, 6) is 0.428. The third-order valence-corrected chi connectivity index (χ3v) is 2.28. The van der Waals surface area contributed by atoms with Gasteiger partial charge in [-0.15, -0.1) is 0 Å². The van der Waals surface area contributed by atoms with Crippen molar-refractivity contribution in [3.63, 3.8) is 0 Å². The van der Waals surface area contributed by atoms with Gasteiger partial charge in [0.05, 0.1) is 5.52 Å². The highest BCUT2D eigenvalue weighted by molar-refractivity contribution is 5.91. The molecule has 0 saturated carbocycles. The van der Waals surface area contributed by atoms with Gasteiger partial charge < -0.3 is 5.32 Å². The molecule has 1 N–H and O–H groups in total. The Morgan fingerprint density at radius 2 is 2.31 bits per heavy atom. The Bertz CT molecular complexity index is 502. The minimum Gasteiger partial charge on any atom is -0.326 e. The molecule has 4 heteroatoms. The van der Waals surface area contributed by atoms with Crippen molar-refractivity contribution in [1.29, 1.82) is 0 Å². The zero-order valence-corrected chi connectivity index (χ0v) is 9.47. The van der Waals surface area contributed by atoms with Gasteiger partial charge in [0.1, 0.15) is 0 Å². The average molecular weight is 217 g/mol. The molecule has 2 heterocycles. The van der Waals surface area contributed by atoms with E-state index in [0.717, 1.165) is 11.2 Å². The first-order valence-electron chi connectivity index (χ1n) is 5.38. The Labute approximate surface area is 94.3 Å². The van der Waals surface area contributed by atoms with E-state index in [2.05, 4.69) is 10.4 Å². The molecule has 0 atom stereocenters. The van der Waals surface area contributed by atoms with Crippen molar-refractivity contribution in [2.75, 3.05) is 5.32 Å². The molecule has 0 aliphatic rings. The highest BCUT2D eigenvalue weighted by Crippen LogP contribution is 2.12. The van der Waals surface area contributed by atoms with Gasteiger partial charge in [0.2, 0.25) is 5.91 Å². The van der Waals surface area contributed by atoms with Crippen LogP contribution in [0, 0.1) is 5.92 Å². The highest BCUT2D eigenvalue weighted by Gasteiger charge is 2.05. The summed E-state index contributed by atoms with van der Waals surface area (Å²) in [5, 5.41) is 6.97. The predicted molar refractivity (Wildman–Crippen MR) is 63.3 cm³/mol. The number of hydrogen-bond donors (Lipinski definition) is 1. The molecule has 0 spiro atoms. The number of aromatic nitrogens is 2. The Hall–Kier alpha value is -1.84. The van der Waals surface area contributed by atoms with E-state index in [-0.39, 0.29) is 5.91 Å². The van der Waals surface area contributed by atoms with Crippen LogP contribution in [0.15, 0.2) is 30.6 Å². The van der Waals surface area contributed by atoms with E-state index in [4.69, 9.17) is 0 Å². The second-order valence-electron chi connectivity index (χ2n) is 4.26. The van der Waals surface area contributed by atoms with E-state index < -0.39 is 0 Å². The van der Waals surface area contributed by atoms with Crippen LogP contribution in [0.4, 0.5) is 5.69 Å². The summed E-state index contributed by atoms with van der Waals surface area (Å²) in [6.07, 6.45) is 4.11. The van der Waals surface area contributed by atoms with Crippen LogP contribution in [-0.2, 0) is 4.79 Å². The number of nitrogens with zero attached hydrogens (tertiary/aromatic N) is 2. The van der Waals surface area contributed by atoms with Gasteiger partial charge >= 0.3 is 0 Å². The summed E-state index contributed by atoms with van der Waals surface area (Å²) in [4.78, 5) is 11.6. The van der Waals surface area contributed by atoms with Crippen LogP contribution in [-0.4, -0.2) is 15.5 Å². The second kappa shape index (κ2) is 4.35. The number of carbonyl (C=O) groups is 1. The molecule has 0 fully saturated rings. The number of rotatable bonds is 3. The fraction of sp³-hybridized carbons (Fsp3) is 0.333. The zero-order chi connectivity index (χ0) is 11.5. The molecule has 4 nitrogen and oxygen atoms in total. The minimum atomic E-state index is 0.0545. The molecule has 2 aromatic heterocycles. The van der Waals surface area contributed by atoms with E-state index >= 15 is 0 Å². The van der Waals surface area contributed by atoms with Crippen LogP contribution in [0.2, 0.25) is 0 Å². The van der Waals surface area contributed by atoms with E-state index in [1.807, 2.05) is 38.2 Å². The summed E-state index contributed by atoms with van der Waals surface area (Å²) in [7, 11) is 0. The zero-order valence-electron chi connectivity index (χ0n) is 9.47. The van der Waals surface area contributed by atoms with E-state index in [1.54, 1.807) is 10.7 Å². The number of pyridine rings is 1. The lowest BCUT2D eigenvalue weighted by Crippen LogP contribution is -2.13. The topological polar surface area (TPSA) is 46.4 Å². The molecule has 0 unspecified atom stereocenters. The first-order valence-corrected chi connectivity index (χ1v) is 5.38. The van der Waals surface area contributed by atoms with Gasteiger partial charge in [0.25, 0.3) is 0 Å². The molecule has 0 bridgehead atoms. The maximum Gasteiger partial charge on any atom is 0.224 e. The minimum absolute atomic E-state index is 0.0545. The lowest BCUT2D eigenvalue weighted by atomic mass is 10.1. The summed E-state index contributed by atoms with van der Waals surface area (Å²) in [6.45, 7) is 4.06. The number of anilines is 1. The lowest BCUT2D eigenvalue weighted by Gasteiger charge is -2.07. The summed E-state index contributed by atoms with van der Waals surface area (Å²) in [6, 6.07) is 5.65. The number of fused-ring (bicyclic) bond motifs is 1. The Morgan fingerprint density at radius 3 is 3.06 bits per heavy atom. The quantitative estimate of drug-likeness (QED) is 0.857. The van der Waals surface area contributed by atoms with E-state index in [1.165, 1.54) is 0 Å². The molecule has 16 heavy (non-hydrogen) atoms. The van der Waals surface area contributed by atoms with Crippen molar-refractivity contribution in [2.45, 2.75) is 20.3 Å². The van der Waals surface area contributed by atoms with Crippen LogP contribution in [0.5, 0.6) is 0 Å². The molecule has 84 valence electrons. The molecule has 0 aliphatic heterocycles. The molecular formula is C12H15N3O. The normalized spacial score (nSPS) is 10.9. The van der Waals surface area contributed by atoms with Crippen molar-refractivity contribution in [3.8, 4) is 0 Å². The number of carbonyl (C=O) groups excluding carboxylic acids is 1. The number of hydrogen-bond acceptors (Lipinski definition) is 2. The molecule has 0 saturated heterocycles. The maximum absolute atomic E-state index is 11.6. The Morgan fingerprint density at radius 1 is 1.50 bits per heavy atom. The fourth-order valence-electron chi connectivity index (χ4n) is 1.58. The molecule has 0 aliphatic carbocycles. The fourth-order valence-corrected chi connectivity index (χ4v) is 1.58. The number of amides is 1. The van der Waals surface area contributed by atoms with Crippen molar-refractivity contribution in [2.24, 2.45) is 5.92 Å². The predicted octanol–water partition coefficient (Wildman–Crippen LogP) is 2.32. The molecule has 1 amide bonds. The molecular weight excluding hydrogens is 202 g/mol. The lowest BCUT2D eigenvalue weighted by molar-refractivity contribution is -0.116. The van der Waals surface area contributed by atoms with Crippen LogP contribution < -0.4 is 5.32 Å². The smallest absolute Gasteiger partial charge is 0.224 e.